The second kappa shape index (κ2) is 9.11. The molecule has 3 aromatic rings. The van der Waals surface area contributed by atoms with Gasteiger partial charge in [-0.2, -0.15) is 26.3 Å². The molecule has 0 spiro atoms. The Morgan fingerprint density at radius 1 is 1.03 bits per heavy atom. The second-order valence-electron chi connectivity index (χ2n) is 7.69. The van der Waals surface area contributed by atoms with Gasteiger partial charge in [0.25, 0.3) is 0 Å². The van der Waals surface area contributed by atoms with E-state index >= 15 is 0 Å². The number of nitrogens with zero attached hydrogens (tertiary/aromatic N) is 1. The van der Waals surface area contributed by atoms with Crippen molar-refractivity contribution >= 4 is 16.7 Å². The van der Waals surface area contributed by atoms with Gasteiger partial charge in [0, 0.05) is 11.9 Å². The summed E-state index contributed by atoms with van der Waals surface area (Å²) >= 11 is 0. The number of para-hydroxylation sites is 1. The van der Waals surface area contributed by atoms with Crippen molar-refractivity contribution < 1.29 is 36.2 Å². The molecular weight excluding hydrogens is 450 g/mol. The number of aliphatic hydroxyl groups is 1. The van der Waals surface area contributed by atoms with Gasteiger partial charge in [-0.1, -0.05) is 42.0 Å². The number of alkyl halides is 6. The second-order valence-corrected chi connectivity index (χ2v) is 7.69. The van der Waals surface area contributed by atoms with E-state index in [1.807, 2.05) is 19.1 Å². The predicted molar refractivity (Wildman–Crippen MR) is 109 cm³/mol. The van der Waals surface area contributed by atoms with Gasteiger partial charge in [-0.3, -0.25) is 4.79 Å². The van der Waals surface area contributed by atoms with Crippen LogP contribution in [0.5, 0.6) is 0 Å². The zero-order chi connectivity index (χ0) is 24.6. The minimum Gasteiger partial charge on any atom is -0.386 e. The number of carbonyl (C=O) groups is 1. The molecule has 0 aliphatic carbocycles. The maximum atomic E-state index is 13.5. The van der Waals surface area contributed by atoms with Crippen molar-refractivity contribution in [2.24, 2.45) is 0 Å². The predicted octanol–water partition coefficient (Wildman–Crippen LogP) is 5.36. The highest BCUT2D eigenvalue weighted by Crippen LogP contribution is 2.39. The van der Waals surface area contributed by atoms with Gasteiger partial charge in [0.2, 0.25) is 0 Å². The van der Waals surface area contributed by atoms with E-state index in [0.29, 0.717) is 12.1 Å². The van der Waals surface area contributed by atoms with Crippen molar-refractivity contribution in [3.05, 3.63) is 76.5 Å². The number of aryl methyl sites for hydroxylation is 1. The van der Waals surface area contributed by atoms with Crippen molar-refractivity contribution in [3.8, 4) is 0 Å². The molecule has 3 rings (SSSR count). The number of hydrogen-bond donors (Lipinski definition) is 2. The monoisotopic (exact) mass is 470 g/mol. The molecule has 4 nitrogen and oxygen atoms in total. The van der Waals surface area contributed by atoms with Crippen molar-refractivity contribution in [3.63, 3.8) is 0 Å². The Bertz CT molecular complexity index is 1160. The van der Waals surface area contributed by atoms with Crippen LogP contribution in [0.4, 0.5) is 26.3 Å². The van der Waals surface area contributed by atoms with Crippen LogP contribution < -0.4 is 5.32 Å². The van der Waals surface area contributed by atoms with E-state index in [1.54, 1.807) is 12.1 Å². The molecule has 0 saturated carbocycles. The number of hydrogen-bond acceptors (Lipinski definition) is 4. The molecule has 10 heteroatoms. The lowest BCUT2D eigenvalue weighted by atomic mass is 9.94. The largest absolute Gasteiger partial charge is 0.433 e. The molecule has 2 unspecified atom stereocenters. The average molecular weight is 470 g/mol. The number of Topliss-reactive ketones (excluding diaryl/α,β-unsaturated/α-hetero) is 1. The van der Waals surface area contributed by atoms with E-state index in [1.165, 1.54) is 0 Å². The molecule has 0 bridgehead atoms. The zero-order valence-corrected chi connectivity index (χ0v) is 17.6. The van der Waals surface area contributed by atoms with Crippen LogP contribution in [0.25, 0.3) is 10.9 Å². The highest BCUT2D eigenvalue weighted by molar-refractivity contribution is 5.88. The lowest BCUT2D eigenvalue weighted by Crippen LogP contribution is -2.40. The number of nitrogens with one attached hydrogen (secondary N) is 1. The third-order valence-corrected chi connectivity index (χ3v) is 5.19. The number of rotatable bonds is 6. The molecular formula is C23H20F6N2O2. The Morgan fingerprint density at radius 2 is 1.67 bits per heavy atom. The maximum absolute atomic E-state index is 13.5. The average Bonchev–Trinajstić information content (AvgIpc) is 2.72. The Labute approximate surface area is 185 Å². The van der Waals surface area contributed by atoms with Crippen molar-refractivity contribution in [1.29, 1.82) is 0 Å². The van der Waals surface area contributed by atoms with Crippen molar-refractivity contribution in [1.82, 2.24) is 10.3 Å². The molecule has 2 aromatic carbocycles. The Kier molecular flexibility index (Phi) is 6.80. The number of pyridine rings is 1. The van der Waals surface area contributed by atoms with Crippen LogP contribution in [0.15, 0.2) is 48.5 Å². The fourth-order valence-electron chi connectivity index (χ4n) is 3.48. The summed E-state index contributed by atoms with van der Waals surface area (Å²) in [4.78, 5) is 15.4. The van der Waals surface area contributed by atoms with Crippen LogP contribution in [0.2, 0.25) is 0 Å². The fraction of sp³-hybridized carbons (Fsp3) is 0.304. The Morgan fingerprint density at radius 3 is 2.21 bits per heavy atom. The van der Waals surface area contributed by atoms with Gasteiger partial charge in [0.15, 0.2) is 0 Å². The normalized spacial score (nSPS) is 14.3. The number of carbonyl (C=O) groups excluding carboxylic acids is 1. The fourth-order valence-corrected chi connectivity index (χ4v) is 3.48. The van der Waals surface area contributed by atoms with E-state index in [2.05, 4.69) is 10.3 Å². The summed E-state index contributed by atoms with van der Waals surface area (Å²) < 4.78 is 80.7. The van der Waals surface area contributed by atoms with Gasteiger partial charge in [-0.15, -0.1) is 0 Å². The van der Waals surface area contributed by atoms with Crippen LogP contribution >= 0.6 is 0 Å². The van der Waals surface area contributed by atoms with Crippen LogP contribution in [0, 0.1) is 6.92 Å². The number of benzene rings is 2. The third kappa shape index (κ3) is 5.51. The van der Waals surface area contributed by atoms with Gasteiger partial charge >= 0.3 is 12.4 Å². The summed E-state index contributed by atoms with van der Waals surface area (Å²) in [7, 11) is 0. The molecule has 0 saturated heterocycles. The first-order chi connectivity index (χ1) is 15.3. The van der Waals surface area contributed by atoms with Crippen LogP contribution in [0.1, 0.15) is 41.0 Å². The summed E-state index contributed by atoms with van der Waals surface area (Å²) in [6, 6.07) is 9.05. The van der Waals surface area contributed by atoms with E-state index in [-0.39, 0.29) is 11.9 Å². The van der Waals surface area contributed by atoms with Gasteiger partial charge in [-0.25, -0.2) is 4.98 Å². The standard InChI is InChI=1S/C23H20F6N2O2/c1-12-6-8-14(9-7-12)11-30-19(13(2)32)21(33)16-10-18(23(27,28)29)31-20-15(16)4-3-5-17(20)22(24,25)26/h3-10,19,21,30,33H,11H2,1-2H3. The van der Waals surface area contributed by atoms with Crippen LogP contribution in [-0.2, 0) is 23.7 Å². The van der Waals surface area contributed by atoms with E-state index in [0.717, 1.165) is 30.2 Å². The summed E-state index contributed by atoms with van der Waals surface area (Å²) in [6.07, 6.45) is -11.9. The quantitative estimate of drug-likeness (QED) is 0.476. The molecule has 0 aliphatic heterocycles. The highest BCUT2D eigenvalue weighted by atomic mass is 19.4. The Hall–Kier alpha value is -2.98. The lowest BCUT2D eigenvalue weighted by molar-refractivity contribution is -0.142. The number of ketones is 1. The van der Waals surface area contributed by atoms with Gasteiger partial charge in [0.1, 0.15) is 17.6 Å². The summed E-state index contributed by atoms with van der Waals surface area (Å²) in [6.45, 7) is 3.11. The number of aromatic nitrogens is 1. The van der Waals surface area contributed by atoms with Gasteiger partial charge < -0.3 is 10.4 Å². The summed E-state index contributed by atoms with van der Waals surface area (Å²) in [5.41, 5.74) is -2.66. The summed E-state index contributed by atoms with van der Waals surface area (Å²) in [5, 5.41) is 13.4. The first-order valence-corrected chi connectivity index (χ1v) is 9.84. The Balaban J connectivity index is 2.10. The van der Waals surface area contributed by atoms with E-state index < -0.39 is 52.6 Å². The molecule has 176 valence electrons. The van der Waals surface area contributed by atoms with Gasteiger partial charge in [-0.05, 0) is 37.1 Å². The zero-order valence-electron chi connectivity index (χ0n) is 17.6. The molecule has 0 aliphatic rings. The minimum atomic E-state index is -5.07. The van der Waals surface area contributed by atoms with Crippen molar-refractivity contribution in [2.45, 2.75) is 44.9 Å². The topological polar surface area (TPSA) is 62.2 Å². The molecule has 2 N–H and O–H groups in total. The molecule has 1 heterocycles. The van der Waals surface area contributed by atoms with Crippen molar-refractivity contribution in [2.75, 3.05) is 0 Å². The van der Waals surface area contributed by atoms with E-state index in [9.17, 15) is 36.2 Å². The highest BCUT2D eigenvalue weighted by Gasteiger charge is 2.39. The molecule has 0 radical (unpaired) electrons. The SMILES string of the molecule is CC(=O)C(NCc1ccc(C)cc1)C(O)c1cc(C(F)(F)F)nc2c(C(F)(F)F)cccc12. The molecule has 0 fully saturated rings. The molecule has 1 aromatic heterocycles. The molecule has 2 atom stereocenters. The van der Waals surface area contributed by atoms with Crippen LogP contribution in [0.3, 0.4) is 0 Å². The summed E-state index contributed by atoms with van der Waals surface area (Å²) in [5.74, 6) is -0.597. The molecule has 0 amide bonds. The van der Waals surface area contributed by atoms with Gasteiger partial charge in [0.05, 0.1) is 17.1 Å². The van der Waals surface area contributed by atoms with E-state index in [4.69, 9.17) is 0 Å². The molecule has 33 heavy (non-hydrogen) atoms. The number of aliphatic hydroxyl groups excluding tert-OH is 1. The van der Waals surface area contributed by atoms with Crippen LogP contribution in [-0.4, -0.2) is 21.9 Å². The third-order valence-electron chi connectivity index (χ3n) is 5.19. The lowest BCUT2D eigenvalue weighted by Gasteiger charge is -2.25. The number of halogens is 6. The first kappa shape index (κ1) is 24.7. The maximum Gasteiger partial charge on any atom is 0.433 e. The minimum absolute atomic E-state index is 0.102. The first-order valence-electron chi connectivity index (χ1n) is 9.84. The smallest absolute Gasteiger partial charge is 0.386 e. The number of fused-ring (bicyclic) bond motifs is 1.